The second-order valence-electron chi connectivity index (χ2n) is 3.36. The van der Waals surface area contributed by atoms with Gasteiger partial charge in [-0.05, 0) is 24.3 Å². The molecule has 0 spiro atoms. The van der Waals surface area contributed by atoms with Gasteiger partial charge in [0, 0.05) is 23.2 Å². The molecule has 0 bridgehead atoms. The summed E-state index contributed by atoms with van der Waals surface area (Å²) in [5, 5.41) is 14.0. The zero-order chi connectivity index (χ0) is 11.0. The number of fused-ring (bicyclic) bond motifs is 1. The molecule has 3 aromatic rings. The molecule has 4 nitrogen and oxygen atoms in total. The molecular weight excluding hydrogens is 224 g/mol. The summed E-state index contributed by atoms with van der Waals surface area (Å²) in [7, 11) is 0. The molecule has 1 aromatic carbocycles. The summed E-state index contributed by atoms with van der Waals surface area (Å²) in [6, 6.07) is 7.72. The zero-order valence-electron chi connectivity index (χ0n) is 8.21. The van der Waals surface area contributed by atoms with Gasteiger partial charge >= 0.3 is 0 Å². The van der Waals surface area contributed by atoms with Crippen molar-refractivity contribution in [2.75, 3.05) is 0 Å². The first-order valence-corrected chi connectivity index (χ1v) is 5.13. The number of halogens is 1. The van der Waals surface area contributed by atoms with Gasteiger partial charge in [0.1, 0.15) is 0 Å². The Bertz CT molecular complexity index is 634. The lowest BCUT2D eigenvalue weighted by atomic mass is 10.2. The van der Waals surface area contributed by atoms with Crippen molar-refractivity contribution in [3.8, 4) is 5.69 Å². The van der Waals surface area contributed by atoms with Crippen molar-refractivity contribution in [1.82, 2.24) is 20.0 Å². The van der Waals surface area contributed by atoms with Crippen LogP contribution in [0.15, 0.2) is 42.9 Å². The van der Waals surface area contributed by atoms with E-state index < -0.39 is 0 Å². The van der Waals surface area contributed by atoms with Gasteiger partial charge in [-0.1, -0.05) is 11.6 Å². The summed E-state index contributed by atoms with van der Waals surface area (Å²) in [4.78, 5) is 0. The molecule has 0 aliphatic heterocycles. The van der Waals surface area contributed by atoms with Crippen LogP contribution in [-0.2, 0) is 0 Å². The van der Waals surface area contributed by atoms with Crippen LogP contribution in [0.3, 0.4) is 0 Å². The molecule has 2 heterocycles. The summed E-state index contributed by atoms with van der Waals surface area (Å²) >= 11 is 5.94. The smallest absolute Gasteiger partial charge is 0.159 e. The predicted octanol–water partition coefficient (Wildman–Crippen LogP) is 2.47. The Hall–Kier alpha value is -1.94. The van der Waals surface area contributed by atoms with Gasteiger partial charge in [-0.15, -0.1) is 5.10 Å². The Morgan fingerprint density at radius 1 is 1.25 bits per heavy atom. The molecule has 0 saturated heterocycles. The van der Waals surface area contributed by atoms with Gasteiger partial charge in [-0.3, -0.25) is 0 Å². The average Bonchev–Trinajstić information content (AvgIpc) is 2.82. The highest BCUT2D eigenvalue weighted by Crippen LogP contribution is 2.22. The van der Waals surface area contributed by atoms with Gasteiger partial charge in [0.25, 0.3) is 0 Å². The van der Waals surface area contributed by atoms with E-state index in [9.17, 15) is 0 Å². The summed E-state index contributed by atoms with van der Waals surface area (Å²) in [6.07, 6.45) is 5.31. The number of rotatable bonds is 1. The first-order chi connectivity index (χ1) is 7.84. The van der Waals surface area contributed by atoms with E-state index in [4.69, 9.17) is 11.6 Å². The second kappa shape index (κ2) is 3.57. The van der Waals surface area contributed by atoms with Crippen molar-refractivity contribution >= 4 is 22.4 Å². The molecule has 0 aliphatic rings. The van der Waals surface area contributed by atoms with E-state index in [0.29, 0.717) is 5.15 Å². The van der Waals surface area contributed by atoms with Crippen LogP contribution in [0.1, 0.15) is 0 Å². The third-order valence-electron chi connectivity index (χ3n) is 2.37. The van der Waals surface area contributed by atoms with Crippen molar-refractivity contribution in [3.63, 3.8) is 0 Å². The van der Waals surface area contributed by atoms with Crippen LogP contribution in [0.25, 0.3) is 16.5 Å². The summed E-state index contributed by atoms with van der Waals surface area (Å²) in [6.45, 7) is 0. The Balaban J connectivity index is 2.24. The molecule has 0 aliphatic carbocycles. The SMILES string of the molecule is Clc1nncc2cc(-n3cccn3)ccc12. The lowest BCUT2D eigenvalue weighted by molar-refractivity contribution is 0.882. The predicted molar refractivity (Wildman–Crippen MR) is 61.7 cm³/mol. The summed E-state index contributed by atoms with van der Waals surface area (Å²) in [5.41, 5.74) is 0.974. The van der Waals surface area contributed by atoms with Crippen LogP contribution in [0.5, 0.6) is 0 Å². The number of aromatic nitrogens is 4. The van der Waals surface area contributed by atoms with Gasteiger partial charge in [0.05, 0.1) is 11.9 Å². The van der Waals surface area contributed by atoms with E-state index >= 15 is 0 Å². The van der Waals surface area contributed by atoms with Crippen LogP contribution in [0.2, 0.25) is 5.15 Å². The molecule has 0 fully saturated rings. The summed E-state index contributed by atoms with van der Waals surface area (Å²) < 4.78 is 1.79. The van der Waals surface area contributed by atoms with Crippen molar-refractivity contribution < 1.29 is 0 Å². The van der Waals surface area contributed by atoms with E-state index in [1.807, 2.05) is 30.5 Å². The van der Waals surface area contributed by atoms with E-state index in [2.05, 4.69) is 15.3 Å². The van der Waals surface area contributed by atoms with Crippen molar-refractivity contribution in [1.29, 1.82) is 0 Å². The molecule has 5 heteroatoms. The van der Waals surface area contributed by atoms with Crippen LogP contribution in [0, 0.1) is 0 Å². The van der Waals surface area contributed by atoms with Crippen molar-refractivity contribution in [3.05, 3.63) is 48.0 Å². The van der Waals surface area contributed by atoms with Gasteiger partial charge in [0.2, 0.25) is 0 Å². The highest BCUT2D eigenvalue weighted by molar-refractivity contribution is 6.34. The molecule has 0 radical (unpaired) electrons. The van der Waals surface area contributed by atoms with Gasteiger partial charge < -0.3 is 0 Å². The van der Waals surface area contributed by atoms with Gasteiger partial charge in [-0.25, -0.2) is 4.68 Å². The minimum absolute atomic E-state index is 0.421. The molecular formula is C11H7ClN4. The number of hydrogen-bond acceptors (Lipinski definition) is 3. The van der Waals surface area contributed by atoms with E-state index in [0.717, 1.165) is 16.5 Å². The highest BCUT2D eigenvalue weighted by atomic mass is 35.5. The quantitative estimate of drug-likeness (QED) is 0.645. The first-order valence-electron chi connectivity index (χ1n) is 4.75. The molecule has 0 unspecified atom stereocenters. The summed E-state index contributed by atoms with van der Waals surface area (Å²) in [5.74, 6) is 0. The maximum absolute atomic E-state index is 5.94. The normalized spacial score (nSPS) is 10.8. The Morgan fingerprint density at radius 3 is 3.00 bits per heavy atom. The number of hydrogen-bond donors (Lipinski definition) is 0. The molecule has 0 saturated carbocycles. The molecule has 78 valence electrons. The molecule has 0 atom stereocenters. The minimum atomic E-state index is 0.421. The van der Waals surface area contributed by atoms with Crippen LogP contribution in [-0.4, -0.2) is 20.0 Å². The average molecular weight is 231 g/mol. The Kier molecular flexibility index (Phi) is 2.08. The fourth-order valence-electron chi connectivity index (χ4n) is 1.60. The molecule has 3 rings (SSSR count). The van der Waals surface area contributed by atoms with Crippen LogP contribution >= 0.6 is 11.6 Å². The van der Waals surface area contributed by atoms with Crippen molar-refractivity contribution in [2.45, 2.75) is 0 Å². The monoisotopic (exact) mass is 230 g/mol. The van der Waals surface area contributed by atoms with E-state index in [-0.39, 0.29) is 0 Å². The Labute approximate surface area is 96.5 Å². The fourth-order valence-corrected chi connectivity index (χ4v) is 1.82. The number of nitrogens with zero attached hydrogens (tertiary/aromatic N) is 4. The van der Waals surface area contributed by atoms with Crippen LogP contribution in [0.4, 0.5) is 0 Å². The third-order valence-corrected chi connectivity index (χ3v) is 2.65. The first kappa shape index (κ1) is 9.30. The molecule has 2 aromatic heterocycles. The Morgan fingerprint density at radius 2 is 2.19 bits per heavy atom. The van der Waals surface area contributed by atoms with Crippen molar-refractivity contribution in [2.24, 2.45) is 0 Å². The second-order valence-corrected chi connectivity index (χ2v) is 3.72. The van der Waals surface area contributed by atoms with Gasteiger partial charge in [-0.2, -0.15) is 10.2 Å². The maximum Gasteiger partial charge on any atom is 0.159 e. The zero-order valence-corrected chi connectivity index (χ0v) is 8.96. The number of benzene rings is 1. The fraction of sp³-hybridized carbons (Fsp3) is 0. The minimum Gasteiger partial charge on any atom is -0.241 e. The highest BCUT2D eigenvalue weighted by Gasteiger charge is 2.02. The standard InChI is InChI=1S/C11H7ClN4/c12-11-10-3-2-9(16-5-1-4-14-16)6-8(10)7-13-15-11/h1-7H. The largest absolute Gasteiger partial charge is 0.241 e. The lowest BCUT2D eigenvalue weighted by Crippen LogP contribution is -1.94. The van der Waals surface area contributed by atoms with Gasteiger partial charge in [0.15, 0.2) is 5.15 Å². The topological polar surface area (TPSA) is 43.6 Å². The van der Waals surface area contributed by atoms with Crippen LogP contribution < -0.4 is 0 Å². The van der Waals surface area contributed by atoms with E-state index in [1.165, 1.54) is 0 Å². The maximum atomic E-state index is 5.94. The molecule has 0 amide bonds. The third kappa shape index (κ3) is 1.44. The molecule has 16 heavy (non-hydrogen) atoms. The molecule has 0 N–H and O–H groups in total. The lowest BCUT2D eigenvalue weighted by Gasteiger charge is -2.03. The van der Waals surface area contributed by atoms with E-state index in [1.54, 1.807) is 17.1 Å².